The second kappa shape index (κ2) is 24.0. The molecule has 0 unspecified atom stereocenters. The van der Waals surface area contributed by atoms with Gasteiger partial charge in [0.1, 0.15) is 0 Å². The Morgan fingerprint density at radius 1 is 0.275 bits per heavy atom. The summed E-state index contributed by atoms with van der Waals surface area (Å²) in [4.78, 5) is 0. The molecule has 0 heteroatoms. The van der Waals surface area contributed by atoms with Gasteiger partial charge in [-0.15, -0.1) is 19.7 Å². The first-order valence-corrected chi connectivity index (χ1v) is 22.8. The molecule has 0 aromatic rings. The normalized spacial score (nSPS) is 39.4. The maximum atomic E-state index is 3.94. The van der Waals surface area contributed by atoms with Gasteiger partial charge in [-0.1, -0.05) is 54.7 Å². The first kappa shape index (κ1) is 42.2. The van der Waals surface area contributed by atoms with E-state index in [1.165, 1.54) is 154 Å². The van der Waals surface area contributed by atoms with Gasteiger partial charge in [-0.3, -0.25) is 0 Å². The molecule has 51 heavy (non-hydrogen) atoms. The monoisotopic (exact) mass is 709 g/mol. The number of allylic oxidation sites excluding steroid dienone is 9. The maximum Gasteiger partial charge on any atom is 0 e. The summed E-state index contributed by atoms with van der Waals surface area (Å²) < 4.78 is 0. The summed E-state index contributed by atoms with van der Waals surface area (Å²) in [6, 6.07) is 0. The highest BCUT2D eigenvalue weighted by Crippen LogP contribution is 2.44. The van der Waals surface area contributed by atoms with E-state index >= 15 is 0 Å². The molecule has 6 rings (SSSR count). The molecule has 0 atom stereocenters. The minimum absolute atomic E-state index is 0. The lowest BCUT2D eigenvalue weighted by atomic mass is 9.69. The molecule has 6 saturated carbocycles. The molecule has 0 aromatic carbocycles. The van der Waals surface area contributed by atoms with Crippen LogP contribution >= 0.6 is 0 Å². The van der Waals surface area contributed by atoms with E-state index in [2.05, 4.69) is 95.2 Å². The Hall–Kier alpha value is -1.56. The van der Waals surface area contributed by atoms with Gasteiger partial charge >= 0.3 is 0 Å². The molecule has 0 aromatic heterocycles. The molecule has 0 radical (unpaired) electrons. The van der Waals surface area contributed by atoms with E-state index in [4.69, 9.17) is 0 Å². The Kier molecular flexibility index (Phi) is 19.8. The zero-order valence-corrected chi connectivity index (χ0v) is 34.2. The molecule has 0 nitrogen and oxygen atoms in total. The van der Waals surface area contributed by atoms with E-state index in [9.17, 15) is 0 Å². The molecule has 300 valence electrons. The van der Waals surface area contributed by atoms with Crippen molar-refractivity contribution >= 4 is 0 Å². The third-order valence-electron chi connectivity index (χ3n) is 15.3. The SMILES string of the molecule is C/C=C/C1CCC(C2CCC(/C=C/C)CC2)CC1.C=CC1CCC(C2CCC(/C=C/C)CC2)CC1.C=CC1CCC(C2CCC(C=C)CC2)CC1.[HH].[HH].[HH].[HH].[HH].[HH]. The van der Waals surface area contributed by atoms with Gasteiger partial charge in [0.05, 0.1) is 0 Å². The van der Waals surface area contributed by atoms with Gasteiger partial charge in [0.25, 0.3) is 0 Å². The lowest BCUT2D eigenvalue weighted by Crippen LogP contribution is -2.25. The molecule has 6 aliphatic carbocycles. The summed E-state index contributed by atoms with van der Waals surface area (Å²) >= 11 is 0. The van der Waals surface area contributed by atoms with E-state index in [-0.39, 0.29) is 8.56 Å². The summed E-state index contributed by atoms with van der Waals surface area (Å²) in [7, 11) is 0. The van der Waals surface area contributed by atoms with Gasteiger partial charge in [-0.05, 0) is 246 Å². The summed E-state index contributed by atoms with van der Waals surface area (Å²) in [5, 5.41) is 0. The van der Waals surface area contributed by atoms with Crippen LogP contribution in [0.15, 0.2) is 74.4 Å². The molecule has 0 N–H and O–H groups in total. The largest absolute Gasteiger partial charge is 0.103 e. The minimum atomic E-state index is 0. The van der Waals surface area contributed by atoms with Crippen molar-refractivity contribution in [3.63, 3.8) is 0 Å². The topological polar surface area (TPSA) is 0 Å². The van der Waals surface area contributed by atoms with E-state index in [1.807, 2.05) is 0 Å². The lowest BCUT2D eigenvalue weighted by molar-refractivity contribution is 0.166. The molecule has 0 spiro atoms. The third kappa shape index (κ3) is 14.3. The zero-order chi connectivity index (χ0) is 36.3. The summed E-state index contributed by atoms with van der Waals surface area (Å²) in [5.41, 5.74) is 0. The van der Waals surface area contributed by atoms with Crippen LogP contribution in [-0.4, -0.2) is 0 Å². The predicted octanol–water partition coefficient (Wildman–Crippen LogP) is 17.6. The maximum absolute atomic E-state index is 3.94. The minimum Gasteiger partial charge on any atom is -0.103 e. The van der Waals surface area contributed by atoms with Gasteiger partial charge in [0.2, 0.25) is 0 Å². The summed E-state index contributed by atoms with van der Waals surface area (Å²) in [5.74, 6) is 11.4. The van der Waals surface area contributed by atoms with Gasteiger partial charge in [0.15, 0.2) is 0 Å². The van der Waals surface area contributed by atoms with Gasteiger partial charge in [-0.25, -0.2) is 0 Å². The Morgan fingerprint density at radius 3 is 0.569 bits per heavy atom. The number of hydrogen-bond acceptors (Lipinski definition) is 0. The quantitative estimate of drug-likeness (QED) is 0.209. The molecule has 0 heterocycles. The molecule has 0 aliphatic heterocycles. The van der Waals surface area contributed by atoms with E-state index in [0.29, 0.717) is 0 Å². The van der Waals surface area contributed by atoms with Crippen LogP contribution in [0.2, 0.25) is 0 Å². The second-order valence-corrected chi connectivity index (χ2v) is 18.3. The highest BCUT2D eigenvalue weighted by Gasteiger charge is 2.32. The Labute approximate surface area is 328 Å². The smallest absolute Gasteiger partial charge is 0 e. The number of hydrogen-bond donors (Lipinski definition) is 0. The molecule has 6 aliphatic rings. The van der Waals surface area contributed by atoms with E-state index in [0.717, 1.165) is 71.0 Å². The van der Waals surface area contributed by atoms with Crippen molar-refractivity contribution in [2.24, 2.45) is 71.0 Å². The van der Waals surface area contributed by atoms with Gasteiger partial charge < -0.3 is 0 Å². The predicted molar refractivity (Wildman–Crippen MR) is 240 cm³/mol. The first-order valence-electron chi connectivity index (χ1n) is 22.8. The first-order chi connectivity index (χ1) is 25.0. The van der Waals surface area contributed by atoms with Crippen molar-refractivity contribution in [1.29, 1.82) is 0 Å². The molecule has 0 bridgehead atoms. The Balaban J connectivity index is -0.000000730. The van der Waals surface area contributed by atoms with Crippen LogP contribution in [0, 0.1) is 71.0 Å². The number of rotatable bonds is 9. The van der Waals surface area contributed by atoms with Crippen molar-refractivity contribution in [1.82, 2.24) is 0 Å². The van der Waals surface area contributed by atoms with E-state index < -0.39 is 0 Å². The van der Waals surface area contributed by atoms with Crippen LogP contribution < -0.4 is 0 Å². The zero-order valence-electron chi connectivity index (χ0n) is 34.2. The van der Waals surface area contributed by atoms with Gasteiger partial charge in [0, 0.05) is 8.56 Å². The van der Waals surface area contributed by atoms with Crippen molar-refractivity contribution in [2.75, 3.05) is 0 Å². The van der Waals surface area contributed by atoms with Crippen LogP contribution in [0.3, 0.4) is 0 Å². The summed E-state index contributed by atoms with van der Waals surface area (Å²) in [6.07, 6.45) is 55.3. The van der Waals surface area contributed by atoms with Gasteiger partial charge in [-0.2, -0.15) is 0 Å². The van der Waals surface area contributed by atoms with E-state index in [1.54, 1.807) is 0 Å². The summed E-state index contributed by atoms with van der Waals surface area (Å²) in [6.45, 7) is 18.3. The average Bonchev–Trinajstić information content (AvgIpc) is 3.20. The van der Waals surface area contributed by atoms with Crippen LogP contribution in [0.1, 0.15) is 183 Å². The molecule has 0 amide bonds. The Bertz CT molecular complexity index is 980. The molecule has 0 saturated heterocycles. The molecular formula is C51H96. The van der Waals surface area contributed by atoms with Crippen LogP contribution in [0.4, 0.5) is 0 Å². The fraction of sp³-hybridized carbons (Fsp3) is 0.765. The van der Waals surface area contributed by atoms with Crippen molar-refractivity contribution in [3.8, 4) is 0 Å². The lowest BCUT2D eigenvalue weighted by Gasteiger charge is -2.36. The van der Waals surface area contributed by atoms with Crippen LogP contribution in [0.25, 0.3) is 0 Å². The van der Waals surface area contributed by atoms with Crippen molar-refractivity contribution < 1.29 is 8.56 Å². The van der Waals surface area contributed by atoms with Crippen molar-refractivity contribution in [2.45, 2.75) is 175 Å². The second-order valence-electron chi connectivity index (χ2n) is 18.3. The third-order valence-corrected chi connectivity index (χ3v) is 15.3. The molecular weight excluding hydrogens is 613 g/mol. The molecule has 6 fully saturated rings. The fourth-order valence-corrected chi connectivity index (χ4v) is 11.8. The van der Waals surface area contributed by atoms with Crippen LogP contribution in [0.5, 0.6) is 0 Å². The fourth-order valence-electron chi connectivity index (χ4n) is 11.8. The highest BCUT2D eigenvalue weighted by molar-refractivity contribution is 4.95. The Morgan fingerprint density at radius 2 is 0.431 bits per heavy atom. The van der Waals surface area contributed by atoms with Crippen molar-refractivity contribution in [3.05, 3.63) is 74.4 Å². The highest BCUT2D eigenvalue weighted by atomic mass is 14.4. The standard InChI is InChI=1S/C18H30.C17H28.C16H26.6H2/c1-3-5-15-7-11-17(12-8-15)18-13-9-16(6-4-2)10-14-18;1-3-5-15-8-12-17(13-9-15)16-10-6-14(4-2)7-11-16;1-3-13-5-9-15(10-6-13)16-11-7-14(4-2)8-12-16;;;;;;/h3-6,15-18H,7-14H2,1-2H3;3-5,14-17H,2,6-13H2,1H3;3-4,13-16H,1-2,5-12H2;6*1H/b5-3+,6-4+;5-3+;;;;;;;. The average molecular weight is 709 g/mol. The van der Waals surface area contributed by atoms with Crippen LogP contribution in [-0.2, 0) is 0 Å².